The Labute approximate surface area is 174 Å². The van der Waals surface area contributed by atoms with Gasteiger partial charge in [-0.3, -0.25) is 0 Å². The second kappa shape index (κ2) is 10.7. The molecule has 1 fully saturated rings. The number of hydrogen-bond donors (Lipinski definition) is 0. The Balaban J connectivity index is 2.09. The minimum absolute atomic E-state index is 0.119. The lowest BCUT2D eigenvalue weighted by atomic mass is 9.74. The molecule has 0 aromatic heterocycles. The SMILES string of the molecule is CCC(C)(C)CC(c1ccc(OC(OC(C)C)C2CCCCC2)cc1)C(C)C. The molecule has 2 atom stereocenters. The van der Waals surface area contributed by atoms with Crippen molar-refractivity contribution in [1.29, 1.82) is 0 Å². The Bertz CT molecular complexity index is 552. The van der Waals surface area contributed by atoms with Crippen LogP contribution >= 0.6 is 0 Å². The van der Waals surface area contributed by atoms with Gasteiger partial charge in [0.1, 0.15) is 5.75 Å². The van der Waals surface area contributed by atoms with Crippen molar-refractivity contribution in [2.24, 2.45) is 17.3 Å². The van der Waals surface area contributed by atoms with E-state index in [0.29, 0.717) is 23.2 Å². The monoisotopic (exact) mass is 388 g/mol. The minimum Gasteiger partial charge on any atom is -0.465 e. The van der Waals surface area contributed by atoms with Gasteiger partial charge in [0.2, 0.25) is 6.29 Å². The summed E-state index contributed by atoms with van der Waals surface area (Å²) >= 11 is 0. The normalized spacial score (nSPS) is 18.5. The van der Waals surface area contributed by atoms with Crippen LogP contribution in [0.4, 0.5) is 0 Å². The van der Waals surface area contributed by atoms with Gasteiger partial charge in [-0.05, 0) is 68.1 Å². The molecule has 28 heavy (non-hydrogen) atoms. The van der Waals surface area contributed by atoms with Crippen molar-refractivity contribution in [1.82, 2.24) is 0 Å². The molecule has 0 spiro atoms. The molecular weight excluding hydrogens is 344 g/mol. The van der Waals surface area contributed by atoms with Gasteiger partial charge in [-0.2, -0.15) is 0 Å². The zero-order valence-corrected chi connectivity index (χ0v) is 19.5. The van der Waals surface area contributed by atoms with Gasteiger partial charge in [0.25, 0.3) is 0 Å². The van der Waals surface area contributed by atoms with Gasteiger partial charge in [-0.25, -0.2) is 0 Å². The van der Waals surface area contributed by atoms with E-state index in [4.69, 9.17) is 9.47 Å². The Morgan fingerprint density at radius 2 is 1.57 bits per heavy atom. The third-order valence-electron chi connectivity index (χ3n) is 6.54. The van der Waals surface area contributed by atoms with Gasteiger partial charge >= 0.3 is 0 Å². The van der Waals surface area contributed by atoms with E-state index in [1.807, 2.05) is 0 Å². The summed E-state index contributed by atoms with van der Waals surface area (Å²) in [5.74, 6) is 2.68. The summed E-state index contributed by atoms with van der Waals surface area (Å²) in [4.78, 5) is 0. The highest BCUT2D eigenvalue weighted by molar-refractivity contribution is 5.30. The lowest BCUT2D eigenvalue weighted by Gasteiger charge is -2.32. The standard InChI is InChI=1S/C26H44O2/c1-8-26(6,7)18-24(19(2)3)21-14-16-23(17-15-21)28-25(27-20(4)5)22-12-10-9-11-13-22/h14-17,19-20,22,24-25H,8-13,18H2,1-7H3. The summed E-state index contributed by atoms with van der Waals surface area (Å²) < 4.78 is 12.5. The largest absolute Gasteiger partial charge is 0.465 e. The molecule has 0 bridgehead atoms. The van der Waals surface area contributed by atoms with Crippen LogP contribution in [0, 0.1) is 17.3 Å². The Morgan fingerprint density at radius 3 is 2.07 bits per heavy atom. The minimum atomic E-state index is -0.119. The van der Waals surface area contributed by atoms with Crippen LogP contribution in [-0.4, -0.2) is 12.4 Å². The average Bonchev–Trinajstić information content (AvgIpc) is 2.66. The summed E-state index contributed by atoms with van der Waals surface area (Å²) in [7, 11) is 0. The van der Waals surface area contributed by atoms with Crippen molar-refractivity contribution >= 4 is 0 Å². The first kappa shape index (κ1) is 23.3. The summed E-state index contributed by atoms with van der Waals surface area (Å²) in [6, 6.07) is 8.87. The predicted molar refractivity (Wildman–Crippen MR) is 120 cm³/mol. The van der Waals surface area contributed by atoms with Gasteiger partial charge in [-0.15, -0.1) is 0 Å². The van der Waals surface area contributed by atoms with E-state index in [0.717, 1.165) is 5.75 Å². The summed E-state index contributed by atoms with van der Waals surface area (Å²) in [5.41, 5.74) is 1.81. The van der Waals surface area contributed by atoms with E-state index in [9.17, 15) is 0 Å². The summed E-state index contributed by atoms with van der Waals surface area (Å²) in [6.07, 6.45) is 8.90. The molecule has 2 unspecified atom stereocenters. The second-order valence-electron chi connectivity index (χ2n) is 10.2. The molecule has 0 radical (unpaired) electrons. The second-order valence-corrected chi connectivity index (χ2v) is 10.2. The lowest BCUT2D eigenvalue weighted by Crippen LogP contribution is -2.33. The predicted octanol–water partition coefficient (Wildman–Crippen LogP) is 7.96. The van der Waals surface area contributed by atoms with E-state index in [1.54, 1.807) is 0 Å². The van der Waals surface area contributed by atoms with Gasteiger partial charge in [0.15, 0.2) is 0 Å². The van der Waals surface area contributed by atoms with E-state index in [-0.39, 0.29) is 12.4 Å². The number of rotatable bonds is 10. The van der Waals surface area contributed by atoms with Crippen LogP contribution in [0.1, 0.15) is 105 Å². The molecule has 1 aromatic rings. The molecule has 1 aliphatic carbocycles. The third kappa shape index (κ3) is 7.10. The fourth-order valence-electron chi connectivity index (χ4n) is 4.32. The fraction of sp³-hybridized carbons (Fsp3) is 0.769. The molecule has 0 aliphatic heterocycles. The Kier molecular flexibility index (Phi) is 8.86. The zero-order valence-electron chi connectivity index (χ0n) is 19.5. The third-order valence-corrected chi connectivity index (χ3v) is 6.54. The molecule has 0 N–H and O–H groups in total. The molecule has 2 heteroatoms. The van der Waals surface area contributed by atoms with Crippen molar-refractivity contribution in [3.8, 4) is 5.75 Å². The first-order chi connectivity index (χ1) is 13.2. The van der Waals surface area contributed by atoms with E-state index in [1.165, 1.54) is 50.5 Å². The van der Waals surface area contributed by atoms with Crippen molar-refractivity contribution < 1.29 is 9.47 Å². The van der Waals surface area contributed by atoms with Gasteiger partial charge in [0.05, 0.1) is 6.10 Å². The van der Waals surface area contributed by atoms with Crippen molar-refractivity contribution in [3.63, 3.8) is 0 Å². The van der Waals surface area contributed by atoms with Gasteiger partial charge in [-0.1, -0.05) is 72.4 Å². The topological polar surface area (TPSA) is 18.5 Å². The first-order valence-electron chi connectivity index (χ1n) is 11.6. The van der Waals surface area contributed by atoms with E-state index < -0.39 is 0 Å². The summed E-state index contributed by atoms with van der Waals surface area (Å²) in [6.45, 7) is 16.0. The molecule has 1 aliphatic rings. The maximum atomic E-state index is 6.36. The van der Waals surface area contributed by atoms with Gasteiger partial charge in [0, 0.05) is 5.92 Å². The summed E-state index contributed by atoms with van der Waals surface area (Å²) in [5, 5.41) is 0. The maximum absolute atomic E-state index is 6.36. The van der Waals surface area contributed by atoms with Crippen LogP contribution < -0.4 is 4.74 Å². The zero-order chi connectivity index (χ0) is 20.7. The first-order valence-corrected chi connectivity index (χ1v) is 11.6. The maximum Gasteiger partial charge on any atom is 0.202 e. The van der Waals surface area contributed by atoms with Crippen LogP contribution in [0.5, 0.6) is 5.75 Å². The quantitative estimate of drug-likeness (QED) is 0.378. The van der Waals surface area contributed by atoms with Crippen LogP contribution in [0.15, 0.2) is 24.3 Å². The van der Waals surface area contributed by atoms with Crippen LogP contribution in [0.3, 0.4) is 0 Å². The Hall–Kier alpha value is -1.02. The van der Waals surface area contributed by atoms with Crippen LogP contribution in [0.2, 0.25) is 0 Å². The molecular formula is C26H44O2. The van der Waals surface area contributed by atoms with Crippen molar-refractivity contribution in [3.05, 3.63) is 29.8 Å². The van der Waals surface area contributed by atoms with Crippen molar-refractivity contribution in [2.75, 3.05) is 0 Å². The van der Waals surface area contributed by atoms with Gasteiger partial charge < -0.3 is 9.47 Å². The molecule has 1 saturated carbocycles. The number of benzene rings is 1. The molecule has 1 aromatic carbocycles. The van der Waals surface area contributed by atoms with Crippen LogP contribution in [0.25, 0.3) is 0 Å². The highest BCUT2D eigenvalue weighted by Crippen LogP contribution is 2.39. The molecule has 2 nitrogen and oxygen atoms in total. The molecule has 0 heterocycles. The number of ether oxygens (including phenoxy) is 2. The number of hydrogen-bond acceptors (Lipinski definition) is 2. The molecule has 160 valence electrons. The van der Waals surface area contributed by atoms with Crippen LogP contribution in [-0.2, 0) is 4.74 Å². The lowest BCUT2D eigenvalue weighted by molar-refractivity contribution is -0.145. The smallest absolute Gasteiger partial charge is 0.202 e. The van der Waals surface area contributed by atoms with E-state index >= 15 is 0 Å². The molecule has 0 saturated heterocycles. The average molecular weight is 389 g/mol. The fourth-order valence-corrected chi connectivity index (χ4v) is 4.32. The Morgan fingerprint density at radius 1 is 0.964 bits per heavy atom. The molecule has 2 rings (SSSR count). The van der Waals surface area contributed by atoms with E-state index in [2.05, 4.69) is 72.7 Å². The van der Waals surface area contributed by atoms with Crippen molar-refractivity contribution in [2.45, 2.75) is 112 Å². The highest BCUT2D eigenvalue weighted by atomic mass is 16.7. The molecule has 0 amide bonds. The highest BCUT2D eigenvalue weighted by Gasteiger charge is 2.28.